The summed E-state index contributed by atoms with van der Waals surface area (Å²) in [6, 6.07) is 54.7. The predicted molar refractivity (Wildman–Crippen MR) is 220 cm³/mol. The number of fused-ring (bicyclic) bond motifs is 14. The van der Waals surface area contributed by atoms with Crippen LogP contribution in [0.3, 0.4) is 0 Å². The van der Waals surface area contributed by atoms with Crippen LogP contribution in [0.2, 0.25) is 0 Å². The van der Waals surface area contributed by atoms with Crippen LogP contribution in [0.5, 0.6) is 0 Å². The van der Waals surface area contributed by atoms with Crippen LogP contribution in [-0.2, 0) is 0 Å². The Bertz CT molecular complexity index is 3650. The molecule has 0 N–H and O–H groups in total. The number of aromatic nitrogens is 2. The minimum atomic E-state index is -0.325. The third kappa shape index (κ3) is 4.15. The van der Waals surface area contributed by atoms with Crippen LogP contribution >= 0.6 is 0 Å². The van der Waals surface area contributed by atoms with E-state index < -0.39 is 0 Å². The SMILES string of the molecule is N#Cc1cc(-c2cccc(-n3c4ccccc4c4c5oc6ccccc6c5ccc43)c2)cc(-n2c3ccc(F)cc3c3c4oc5ccccc5c4ccc32)c1. The van der Waals surface area contributed by atoms with Crippen LogP contribution in [0.1, 0.15) is 5.56 Å². The van der Waals surface area contributed by atoms with Crippen LogP contribution in [0, 0.1) is 17.1 Å². The topological polar surface area (TPSA) is 59.9 Å². The molecule has 5 nitrogen and oxygen atoms in total. The third-order valence-corrected chi connectivity index (χ3v) is 11.2. The first-order chi connectivity index (χ1) is 27.1. The van der Waals surface area contributed by atoms with Crippen molar-refractivity contribution in [3.05, 3.63) is 169 Å². The van der Waals surface area contributed by atoms with E-state index in [9.17, 15) is 9.65 Å². The van der Waals surface area contributed by atoms with Crippen LogP contribution < -0.4 is 0 Å². The third-order valence-electron chi connectivity index (χ3n) is 11.2. The number of furan rings is 2. The molecular formula is C49H26FN3O2. The van der Waals surface area contributed by atoms with Gasteiger partial charge in [-0.15, -0.1) is 0 Å². The highest BCUT2D eigenvalue weighted by atomic mass is 19.1. The van der Waals surface area contributed by atoms with Gasteiger partial charge in [0.1, 0.15) is 28.1 Å². The van der Waals surface area contributed by atoms with Crippen molar-refractivity contribution < 1.29 is 13.2 Å². The van der Waals surface area contributed by atoms with Crippen LogP contribution in [0.4, 0.5) is 4.39 Å². The molecule has 55 heavy (non-hydrogen) atoms. The Morgan fingerprint density at radius 1 is 0.436 bits per heavy atom. The number of rotatable bonds is 3. The maximum absolute atomic E-state index is 15.0. The number of hydrogen-bond acceptors (Lipinski definition) is 3. The second-order valence-corrected chi connectivity index (χ2v) is 14.1. The molecule has 8 aromatic carbocycles. The molecule has 0 aliphatic rings. The molecule has 12 rings (SSSR count). The monoisotopic (exact) mass is 707 g/mol. The molecule has 0 amide bonds. The van der Waals surface area contributed by atoms with Gasteiger partial charge in [0.2, 0.25) is 0 Å². The van der Waals surface area contributed by atoms with E-state index in [1.165, 1.54) is 6.07 Å². The standard InChI is InChI=1S/C49H26FN3O2/c50-31-16-19-41-39(26-31)47-43(21-18-37-35-11-3-6-15-45(35)55-49(37)47)53(41)33-23-28(27-51)22-30(25-33)29-8-7-9-32(24-29)52-40-13-4-1-12-38(40)46-42(52)20-17-36-34-10-2-5-14-44(34)54-48(36)46/h1-26H. The molecule has 0 saturated carbocycles. The van der Waals surface area contributed by atoms with E-state index in [4.69, 9.17) is 8.83 Å². The van der Waals surface area contributed by atoms with Gasteiger partial charge < -0.3 is 18.0 Å². The van der Waals surface area contributed by atoms with E-state index in [2.05, 4.69) is 100 Å². The van der Waals surface area contributed by atoms with Gasteiger partial charge in [0, 0.05) is 43.7 Å². The molecule has 0 spiro atoms. The molecule has 0 saturated heterocycles. The molecule has 4 heterocycles. The first kappa shape index (κ1) is 29.9. The highest BCUT2D eigenvalue weighted by Gasteiger charge is 2.21. The first-order valence-electron chi connectivity index (χ1n) is 18.2. The van der Waals surface area contributed by atoms with Crippen molar-refractivity contribution in [3.63, 3.8) is 0 Å². The molecule has 0 aliphatic heterocycles. The average molecular weight is 708 g/mol. The average Bonchev–Trinajstić information content (AvgIpc) is 3.98. The minimum Gasteiger partial charge on any atom is -0.455 e. The van der Waals surface area contributed by atoms with Crippen molar-refractivity contribution in [1.82, 2.24) is 9.13 Å². The highest BCUT2D eigenvalue weighted by molar-refractivity contribution is 6.25. The first-order valence-corrected chi connectivity index (χ1v) is 18.2. The number of nitrogens with zero attached hydrogens (tertiary/aromatic N) is 3. The van der Waals surface area contributed by atoms with Crippen molar-refractivity contribution >= 4 is 87.5 Å². The largest absolute Gasteiger partial charge is 0.455 e. The van der Waals surface area contributed by atoms with Gasteiger partial charge in [0.05, 0.1) is 44.5 Å². The number of benzene rings is 8. The second-order valence-electron chi connectivity index (χ2n) is 14.1. The molecule has 4 aromatic heterocycles. The molecule has 256 valence electrons. The molecule has 0 aliphatic carbocycles. The van der Waals surface area contributed by atoms with Gasteiger partial charge in [0.15, 0.2) is 0 Å². The van der Waals surface area contributed by atoms with E-state index in [1.807, 2.05) is 54.6 Å². The smallest absolute Gasteiger partial charge is 0.145 e. The van der Waals surface area contributed by atoms with Gasteiger partial charge in [-0.25, -0.2) is 4.39 Å². The van der Waals surface area contributed by atoms with Gasteiger partial charge in [-0.05, 0) is 102 Å². The fraction of sp³-hybridized carbons (Fsp3) is 0. The lowest BCUT2D eigenvalue weighted by molar-refractivity contribution is 0.629. The van der Waals surface area contributed by atoms with Crippen LogP contribution in [0.25, 0.3) is 110 Å². The molecular weight excluding hydrogens is 682 g/mol. The van der Waals surface area contributed by atoms with Gasteiger partial charge in [-0.2, -0.15) is 5.26 Å². The number of nitriles is 1. The van der Waals surface area contributed by atoms with Gasteiger partial charge in [-0.1, -0.05) is 66.7 Å². The molecule has 0 atom stereocenters. The molecule has 0 radical (unpaired) electrons. The summed E-state index contributed by atoms with van der Waals surface area (Å²) < 4.78 is 32.3. The zero-order chi connectivity index (χ0) is 36.4. The van der Waals surface area contributed by atoms with E-state index in [-0.39, 0.29) is 5.82 Å². The quantitative estimate of drug-likeness (QED) is 0.184. The van der Waals surface area contributed by atoms with Crippen LogP contribution in [-0.4, -0.2) is 9.13 Å². The van der Waals surface area contributed by atoms with E-state index in [1.54, 1.807) is 12.1 Å². The second kappa shape index (κ2) is 11.0. The van der Waals surface area contributed by atoms with Crippen LogP contribution in [0.15, 0.2) is 167 Å². The molecule has 0 unspecified atom stereocenters. The maximum atomic E-state index is 15.0. The molecule has 6 heteroatoms. The Labute approximate surface area is 311 Å². The summed E-state index contributed by atoms with van der Waals surface area (Å²) in [4.78, 5) is 0. The number of halogens is 1. The molecule has 12 aromatic rings. The van der Waals surface area contributed by atoms with E-state index >= 15 is 0 Å². The van der Waals surface area contributed by atoms with Crippen molar-refractivity contribution in [2.45, 2.75) is 0 Å². The summed E-state index contributed by atoms with van der Waals surface area (Å²) in [5.74, 6) is -0.325. The summed E-state index contributed by atoms with van der Waals surface area (Å²) in [5.41, 5.74) is 11.2. The minimum absolute atomic E-state index is 0.325. The van der Waals surface area contributed by atoms with Crippen molar-refractivity contribution in [2.24, 2.45) is 0 Å². The lowest BCUT2D eigenvalue weighted by Crippen LogP contribution is -1.97. The summed E-state index contributed by atoms with van der Waals surface area (Å²) in [6.07, 6.45) is 0. The fourth-order valence-electron chi connectivity index (χ4n) is 8.85. The van der Waals surface area contributed by atoms with E-state index in [0.29, 0.717) is 11.1 Å². The zero-order valence-corrected chi connectivity index (χ0v) is 29.0. The number of para-hydroxylation sites is 3. The zero-order valence-electron chi connectivity index (χ0n) is 29.0. The molecule has 0 fully saturated rings. The fourth-order valence-corrected chi connectivity index (χ4v) is 8.85. The summed E-state index contributed by atoms with van der Waals surface area (Å²) >= 11 is 0. The highest BCUT2D eigenvalue weighted by Crippen LogP contribution is 2.43. The maximum Gasteiger partial charge on any atom is 0.145 e. The van der Waals surface area contributed by atoms with Crippen molar-refractivity contribution in [3.8, 4) is 28.6 Å². The Kier molecular flexibility index (Phi) is 5.96. The van der Waals surface area contributed by atoms with Gasteiger partial charge in [-0.3, -0.25) is 0 Å². The van der Waals surface area contributed by atoms with Crippen molar-refractivity contribution in [1.29, 1.82) is 5.26 Å². The Morgan fingerprint density at radius 2 is 1.02 bits per heavy atom. The van der Waals surface area contributed by atoms with Gasteiger partial charge >= 0.3 is 0 Å². The van der Waals surface area contributed by atoms with Crippen molar-refractivity contribution in [2.75, 3.05) is 0 Å². The predicted octanol–water partition coefficient (Wildman–Crippen LogP) is 13.4. The van der Waals surface area contributed by atoms with E-state index in [0.717, 1.165) is 104 Å². The lowest BCUT2D eigenvalue weighted by Gasteiger charge is -2.13. The Morgan fingerprint density at radius 3 is 1.73 bits per heavy atom. The lowest BCUT2D eigenvalue weighted by atomic mass is 10.0. The molecule has 0 bridgehead atoms. The Hall–Kier alpha value is -7.62. The summed E-state index contributed by atoms with van der Waals surface area (Å²) in [7, 11) is 0. The normalized spacial score (nSPS) is 12.1. The number of hydrogen-bond donors (Lipinski definition) is 0. The summed E-state index contributed by atoms with van der Waals surface area (Å²) in [5, 5.41) is 18.3. The Balaban J connectivity index is 1.08. The van der Waals surface area contributed by atoms with Gasteiger partial charge in [0.25, 0.3) is 0 Å². The summed E-state index contributed by atoms with van der Waals surface area (Å²) in [6.45, 7) is 0.